The van der Waals surface area contributed by atoms with Crippen molar-refractivity contribution in [3.8, 4) is 0 Å². The van der Waals surface area contributed by atoms with Gasteiger partial charge in [0.05, 0.1) is 10.6 Å². The Bertz CT molecular complexity index is 1090. The molecule has 2 aromatic carbocycles. The number of sulfonamides is 1. The third-order valence-corrected chi connectivity index (χ3v) is 6.43. The highest BCUT2D eigenvalue weighted by Gasteiger charge is 2.19. The number of benzene rings is 2. The minimum absolute atomic E-state index is 0.222. The first kappa shape index (κ1) is 17.1. The lowest BCUT2D eigenvalue weighted by Gasteiger charge is -2.11. The summed E-state index contributed by atoms with van der Waals surface area (Å²) in [7, 11) is -3.74. The maximum Gasteiger partial charge on any atom is 0.261 e. The normalized spacial score (nSPS) is 14.8. The zero-order valence-electron chi connectivity index (χ0n) is 14.6. The van der Waals surface area contributed by atoms with E-state index in [4.69, 9.17) is 0 Å². The van der Waals surface area contributed by atoms with Gasteiger partial charge in [-0.25, -0.2) is 12.8 Å². The van der Waals surface area contributed by atoms with Crippen LogP contribution in [0.15, 0.2) is 41.3 Å². The highest BCUT2D eigenvalue weighted by Crippen LogP contribution is 2.31. The van der Waals surface area contributed by atoms with Gasteiger partial charge in [0.25, 0.3) is 10.0 Å². The number of nitrogens with one attached hydrogen (secondary N) is 2. The lowest BCUT2D eigenvalue weighted by Crippen LogP contribution is -2.13. The van der Waals surface area contributed by atoms with Crippen molar-refractivity contribution < 1.29 is 12.8 Å². The van der Waals surface area contributed by atoms with E-state index in [1.807, 2.05) is 6.07 Å². The molecular weight excluding hydrogens is 351 g/mol. The van der Waals surface area contributed by atoms with Gasteiger partial charge < -0.3 is 4.98 Å². The van der Waals surface area contributed by atoms with E-state index in [1.54, 1.807) is 19.1 Å². The lowest BCUT2D eigenvalue weighted by molar-refractivity contribution is 0.601. The number of fused-ring (bicyclic) bond motifs is 3. The van der Waals surface area contributed by atoms with Crippen molar-refractivity contribution in [2.75, 3.05) is 4.72 Å². The highest BCUT2D eigenvalue weighted by molar-refractivity contribution is 7.92. The first-order chi connectivity index (χ1) is 12.4. The molecule has 1 aliphatic rings. The number of hydrogen-bond acceptors (Lipinski definition) is 2. The Morgan fingerprint density at radius 1 is 1.04 bits per heavy atom. The van der Waals surface area contributed by atoms with Crippen molar-refractivity contribution in [2.45, 2.75) is 43.9 Å². The number of anilines is 1. The Hall–Kier alpha value is -2.34. The number of rotatable bonds is 3. The van der Waals surface area contributed by atoms with Gasteiger partial charge in [-0.3, -0.25) is 4.72 Å². The fraction of sp³-hybridized carbons (Fsp3) is 0.300. The molecule has 0 aliphatic heterocycles. The SMILES string of the molecule is Cc1cc(F)ccc1NS(=O)(=O)c1ccc2[nH]c3c(c2c1)CCCCC3. The summed E-state index contributed by atoms with van der Waals surface area (Å²) in [6, 6.07) is 9.20. The van der Waals surface area contributed by atoms with Crippen molar-refractivity contribution >= 4 is 26.6 Å². The first-order valence-electron chi connectivity index (χ1n) is 8.86. The van der Waals surface area contributed by atoms with Crippen molar-refractivity contribution in [3.63, 3.8) is 0 Å². The maximum absolute atomic E-state index is 13.3. The van der Waals surface area contributed by atoms with E-state index in [1.165, 1.54) is 35.9 Å². The van der Waals surface area contributed by atoms with Crippen LogP contribution in [0.2, 0.25) is 0 Å². The third-order valence-electron chi connectivity index (χ3n) is 5.06. The molecule has 1 heterocycles. The summed E-state index contributed by atoms with van der Waals surface area (Å²) in [5, 5.41) is 0.987. The number of aryl methyl sites for hydroxylation is 3. The van der Waals surface area contributed by atoms with Gasteiger partial charge in [0.1, 0.15) is 5.82 Å². The van der Waals surface area contributed by atoms with Gasteiger partial charge in [0, 0.05) is 16.6 Å². The Morgan fingerprint density at radius 2 is 1.85 bits per heavy atom. The molecule has 0 bridgehead atoms. The fourth-order valence-electron chi connectivity index (χ4n) is 3.67. The molecule has 0 saturated carbocycles. The predicted octanol–water partition coefficient (Wildman–Crippen LogP) is 4.69. The van der Waals surface area contributed by atoms with Gasteiger partial charge in [0.15, 0.2) is 0 Å². The molecule has 0 unspecified atom stereocenters. The molecular formula is C20H21FN2O2S. The molecule has 3 aromatic rings. The second kappa shape index (κ2) is 6.43. The van der Waals surface area contributed by atoms with Crippen LogP contribution in [0.3, 0.4) is 0 Å². The molecule has 0 radical (unpaired) electrons. The van der Waals surface area contributed by atoms with Crippen molar-refractivity contribution in [1.82, 2.24) is 4.98 Å². The fourth-order valence-corrected chi connectivity index (χ4v) is 4.83. The van der Waals surface area contributed by atoms with Gasteiger partial charge in [-0.15, -0.1) is 0 Å². The summed E-state index contributed by atoms with van der Waals surface area (Å²) < 4.78 is 41.5. The smallest absolute Gasteiger partial charge is 0.261 e. The van der Waals surface area contributed by atoms with Crippen LogP contribution in [0.25, 0.3) is 10.9 Å². The molecule has 1 aliphatic carbocycles. The van der Waals surface area contributed by atoms with Crippen LogP contribution in [0.4, 0.5) is 10.1 Å². The Kier molecular flexibility index (Phi) is 4.23. The second-order valence-electron chi connectivity index (χ2n) is 6.91. The zero-order chi connectivity index (χ0) is 18.3. The van der Waals surface area contributed by atoms with Crippen LogP contribution in [-0.2, 0) is 22.9 Å². The average Bonchev–Trinajstić information content (AvgIpc) is 2.78. The van der Waals surface area contributed by atoms with E-state index in [0.717, 1.165) is 36.6 Å². The summed E-state index contributed by atoms with van der Waals surface area (Å²) >= 11 is 0. The van der Waals surface area contributed by atoms with Gasteiger partial charge in [-0.1, -0.05) is 6.42 Å². The molecule has 1 aromatic heterocycles. The molecule has 6 heteroatoms. The molecule has 136 valence electrons. The van der Waals surface area contributed by atoms with Crippen LogP contribution < -0.4 is 4.72 Å². The quantitative estimate of drug-likeness (QED) is 0.656. The van der Waals surface area contributed by atoms with Crippen LogP contribution in [-0.4, -0.2) is 13.4 Å². The molecule has 4 rings (SSSR count). The summed E-state index contributed by atoms with van der Waals surface area (Å²) in [5.74, 6) is -0.387. The molecule has 2 N–H and O–H groups in total. The minimum Gasteiger partial charge on any atom is -0.358 e. The van der Waals surface area contributed by atoms with Crippen LogP contribution >= 0.6 is 0 Å². The molecule has 0 spiro atoms. The molecule has 0 amide bonds. The van der Waals surface area contributed by atoms with Crippen molar-refractivity contribution in [1.29, 1.82) is 0 Å². The van der Waals surface area contributed by atoms with Gasteiger partial charge in [-0.05, 0) is 80.1 Å². The molecule has 0 fully saturated rings. The molecule has 4 nitrogen and oxygen atoms in total. The van der Waals surface area contributed by atoms with E-state index in [0.29, 0.717) is 11.3 Å². The van der Waals surface area contributed by atoms with Gasteiger partial charge in [-0.2, -0.15) is 0 Å². The van der Waals surface area contributed by atoms with Gasteiger partial charge >= 0.3 is 0 Å². The summed E-state index contributed by atoms with van der Waals surface area (Å²) in [6.45, 7) is 1.68. The monoisotopic (exact) mass is 372 g/mol. The van der Waals surface area contributed by atoms with Crippen LogP contribution in [0.1, 0.15) is 36.1 Å². The Balaban J connectivity index is 1.74. The molecule has 0 atom stereocenters. The van der Waals surface area contributed by atoms with Crippen LogP contribution in [0.5, 0.6) is 0 Å². The molecule has 0 saturated heterocycles. The largest absolute Gasteiger partial charge is 0.358 e. The molecule has 26 heavy (non-hydrogen) atoms. The number of aromatic amines is 1. The average molecular weight is 372 g/mol. The van der Waals surface area contributed by atoms with E-state index in [-0.39, 0.29) is 10.7 Å². The van der Waals surface area contributed by atoms with E-state index >= 15 is 0 Å². The summed E-state index contributed by atoms with van der Waals surface area (Å²) in [4.78, 5) is 3.66. The topological polar surface area (TPSA) is 62.0 Å². The van der Waals surface area contributed by atoms with Gasteiger partial charge in [0.2, 0.25) is 0 Å². The summed E-state index contributed by atoms with van der Waals surface area (Å²) in [6.07, 6.45) is 5.48. The zero-order valence-corrected chi connectivity index (χ0v) is 15.4. The third kappa shape index (κ3) is 3.09. The number of hydrogen-bond donors (Lipinski definition) is 2. The number of H-pyrrole nitrogens is 1. The summed E-state index contributed by atoms with van der Waals surface area (Å²) in [5.41, 5.74) is 4.39. The van der Waals surface area contributed by atoms with E-state index in [2.05, 4.69) is 9.71 Å². The number of aromatic nitrogens is 1. The van der Waals surface area contributed by atoms with Crippen LogP contribution in [0, 0.1) is 12.7 Å². The Morgan fingerprint density at radius 3 is 2.65 bits per heavy atom. The minimum atomic E-state index is -3.74. The maximum atomic E-state index is 13.3. The van der Waals surface area contributed by atoms with Crippen molar-refractivity contribution in [2.24, 2.45) is 0 Å². The predicted molar refractivity (Wildman–Crippen MR) is 102 cm³/mol. The number of halogens is 1. The first-order valence-corrected chi connectivity index (χ1v) is 10.3. The van der Waals surface area contributed by atoms with E-state index in [9.17, 15) is 12.8 Å². The second-order valence-corrected chi connectivity index (χ2v) is 8.60. The highest BCUT2D eigenvalue weighted by atomic mass is 32.2. The standard InChI is InChI=1S/C20H21FN2O2S/c1-13-11-14(21)7-9-18(13)23-26(24,25)15-8-10-20-17(12-15)16-5-3-2-4-6-19(16)22-20/h7-12,22-23H,2-6H2,1H3. The van der Waals surface area contributed by atoms with E-state index < -0.39 is 10.0 Å². The van der Waals surface area contributed by atoms with Crippen molar-refractivity contribution in [3.05, 3.63) is 59.0 Å². The lowest BCUT2D eigenvalue weighted by atomic mass is 10.1. The Labute approximate surface area is 152 Å².